The number of fused-ring (bicyclic) bond motifs is 4. The fourth-order valence-electron chi connectivity index (χ4n) is 4.85. The first-order chi connectivity index (χ1) is 12.2. The van der Waals surface area contributed by atoms with Crippen molar-refractivity contribution < 1.29 is 9.90 Å². The molecule has 0 radical (unpaired) electrons. The zero-order chi connectivity index (χ0) is 17.0. The normalized spacial score (nSPS) is 31.5. The molecule has 0 spiro atoms. The van der Waals surface area contributed by atoms with E-state index in [1.54, 1.807) is 0 Å². The third-order valence-corrected chi connectivity index (χ3v) is 6.12. The molecule has 3 aliphatic rings. The molecule has 0 heterocycles. The second kappa shape index (κ2) is 5.60. The molecule has 5 rings (SSSR count). The van der Waals surface area contributed by atoms with Gasteiger partial charge in [-0.2, -0.15) is 0 Å². The van der Waals surface area contributed by atoms with Crippen LogP contribution in [0.5, 0.6) is 0 Å². The third kappa shape index (κ3) is 2.44. The smallest absolute Gasteiger partial charge is 0.315 e. The van der Waals surface area contributed by atoms with Crippen LogP contribution in [0.3, 0.4) is 0 Å². The van der Waals surface area contributed by atoms with Gasteiger partial charge in [-0.3, -0.25) is 0 Å². The lowest BCUT2D eigenvalue weighted by atomic mass is 9.92. The molecule has 2 aromatic carbocycles. The lowest BCUT2D eigenvalue weighted by molar-refractivity contribution is 0.142. The predicted octanol–water partition coefficient (Wildman–Crippen LogP) is 2.67. The summed E-state index contributed by atoms with van der Waals surface area (Å²) in [4.78, 5) is 12.5. The van der Waals surface area contributed by atoms with Gasteiger partial charge in [0.05, 0.1) is 12.1 Å². The van der Waals surface area contributed by atoms with Crippen molar-refractivity contribution in [1.82, 2.24) is 10.6 Å². The van der Waals surface area contributed by atoms with Gasteiger partial charge in [0.15, 0.2) is 0 Å². The molecule has 2 aromatic rings. The average molecular weight is 334 g/mol. The summed E-state index contributed by atoms with van der Waals surface area (Å²) in [7, 11) is 0. The lowest BCUT2D eigenvalue weighted by Crippen LogP contribution is -2.42. The van der Waals surface area contributed by atoms with Gasteiger partial charge in [0.1, 0.15) is 0 Å². The van der Waals surface area contributed by atoms with E-state index in [9.17, 15) is 9.90 Å². The monoisotopic (exact) mass is 334 g/mol. The summed E-state index contributed by atoms with van der Waals surface area (Å²) in [6.45, 7) is 0. The van der Waals surface area contributed by atoms with Crippen molar-refractivity contribution in [2.75, 3.05) is 0 Å². The summed E-state index contributed by atoms with van der Waals surface area (Å²) >= 11 is 0. The predicted molar refractivity (Wildman–Crippen MR) is 95.3 cm³/mol. The van der Waals surface area contributed by atoms with Gasteiger partial charge in [-0.05, 0) is 41.0 Å². The van der Waals surface area contributed by atoms with Crippen LogP contribution in [0.25, 0.3) is 0 Å². The van der Waals surface area contributed by atoms with Crippen LogP contribution in [0, 0.1) is 5.92 Å². The first-order valence-corrected chi connectivity index (χ1v) is 9.13. The molecule has 0 bridgehead atoms. The van der Waals surface area contributed by atoms with Crippen LogP contribution >= 0.6 is 0 Å². The van der Waals surface area contributed by atoms with Gasteiger partial charge in [-0.25, -0.2) is 4.79 Å². The van der Waals surface area contributed by atoms with Gasteiger partial charge in [0.25, 0.3) is 0 Å². The fourth-order valence-corrected chi connectivity index (χ4v) is 4.85. The Morgan fingerprint density at radius 2 is 1.68 bits per heavy atom. The summed E-state index contributed by atoms with van der Waals surface area (Å²) in [5.74, 6) is 1.01. The van der Waals surface area contributed by atoms with Gasteiger partial charge in [-0.15, -0.1) is 0 Å². The average Bonchev–Trinajstić information content (AvgIpc) is 3.24. The Labute approximate surface area is 147 Å². The Bertz CT molecular complexity index is 834. The van der Waals surface area contributed by atoms with Crippen molar-refractivity contribution >= 4 is 6.03 Å². The van der Waals surface area contributed by atoms with Crippen molar-refractivity contribution in [3.05, 3.63) is 70.8 Å². The highest BCUT2D eigenvalue weighted by atomic mass is 16.3. The molecule has 3 N–H and O–H groups in total. The van der Waals surface area contributed by atoms with Crippen molar-refractivity contribution in [1.29, 1.82) is 0 Å². The zero-order valence-corrected chi connectivity index (χ0v) is 14.0. The van der Waals surface area contributed by atoms with Crippen molar-refractivity contribution in [3.8, 4) is 0 Å². The maximum Gasteiger partial charge on any atom is 0.315 e. The molecule has 4 nitrogen and oxygen atoms in total. The van der Waals surface area contributed by atoms with Crippen LogP contribution in [0.4, 0.5) is 4.79 Å². The molecule has 0 aliphatic heterocycles. The highest BCUT2D eigenvalue weighted by molar-refractivity contribution is 5.76. The quantitative estimate of drug-likeness (QED) is 0.791. The molecule has 0 aromatic heterocycles. The van der Waals surface area contributed by atoms with Gasteiger partial charge < -0.3 is 15.7 Å². The number of rotatable bonds is 2. The van der Waals surface area contributed by atoms with E-state index in [4.69, 9.17) is 0 Å². The Hall–Kier alpha value is -2.33. The van der Waals surface area contributed by atoms with Crippen LogP contribution in [0.15, 0.2) is 48.5 Å². The van der Waals surface area contributed by atoms with Crippen molar-refractivity contribution in [2.24, 2.45) is 5.92 Å². The number of aryl methyl sites for hydroxylation is 1. The molecular formula is C21H22N2O2. The van der Waals surface area contributed by atoms with Gasteiger partial charge in [0, 0.05) is 18.4 Å². The fraction of sp³-hybridized carbons (Fsp3) is 0.381. The van der Waals surface area contributed by atoms with Crippen LogP contribution in [-0.2, 0) is 12.8 Å². The summed E-state index contributed by atoms with van der Waals surface area (Å²) in [6, 6.07) is 16.2. The SMILES string of the molecule is O=C(NC1c2ccccc2CC1O)NC1C2CCc3ccccc3C21. The van der Waals surface area contributed by atoms with E-state index < -0.39 is 6.10 Å². The standard InChI is InChI=1S/C21H22N2O2/c24-17-11-13-6-2-4-8-15(13)19(17)22-21(25)23-20-16-10-9-12-5-1-3-7-14(12)18(16)20/h1-8,16-20,24H,9-11H2,(H2,22,23,25). The molecule has 3 aliphatic carbocycles. The van der Waals surface area contributed by atoms with Gasteiger partial charge in [-0.1, -0.05) is 48.5 Å². The number of benzene rings is 2. The van der Waals surface area contributed by atoms with E-state index in [0.717, 1.165) is 24.0 Å². The molecule has 25 heavy (non-hydrogen) atoms. The van der Waals surface area contributed by atoms with Crippen molar-refractivity contribution in [2.45, 2.75) is 43.4 Å². The zero-order valence-electron chi connectivity index (χ0n) is 14.0. The highest BCUT2D eigenvalue weighted by Crippen LogP contribution is 2.54. The third-order valence-electron chi connectivity index (χ3n) is 6.12. The second-order valence-corrected chi connectivity index (χ2v) is 7.52. The number of amides is 2. The number of carbonyl (C=O) groups is 1. The summed E-state index contributed by atoms with van der Waals surface area (Å²) in [5.41, 5.74) is 4.97. The Morgan fingerprint density at radius 3 is 2.52 bits per heavy atom. The Morgan fingerprint density at radius 1 is 0.960 bits per heavy atom. The molecule has 5 atom stereocenters. The van der Waals surface area contributed by atoms with Crippen molar-refractivity contribution in [3.63, 3.8) is 0 Å². The van der Waals surface area contributed by atoms with Gasteiger partial charge in [0.2, 0.25) is 0 Å². The maximum absolute atomic E-state index is 12.5. The highest BCUT2D eigenvalue weighted by Gasteiger charge is 2.54. The van der Waals surface area contributed by atoms with Crippen LogP contribution in [-0.4, -0.2) is 23.3 Å². The molecule has 5 unspecified atom stereocenters. The minimum atomic E-state index is -0.551. The largest absolute Gasteiger partial charge is 0.390 e. The maximum atomic E-state index is 12.5. The minimum Gasteiger partial charge on any atom is -0.390 e. The lowest BCUT2D eigenvalue weighted by Gasteiger charge is -2.18. The molecule has 1 fully saturated rings. The number of nitrogens with one attached hydrogen (secondary N) is 2. The Balaban J connectivity index is 1.27. The van der Waals surface area contributed by atoms with E-state index >= 15 is 0 Å². The van der Waals surface area contributed by atoms with Crippen LogP contribution in [0.2, 0.25) is 0 Å². The van der Waals surface area contributed by atoms with E-state index in [2.05, 4.69) is 34.9 Å². The topological polar surface area (TPSA) is 61.4 Å². The molecule has 0 saturated heterocycles. The molecule has 1 saturated carbocycles. The summed E-state index contributed by atoms with van der Waals surface area (Å²) in [6.07, 6.45) is 2.29. The molecule has 4 heteroatoms. The Kier molecular flexibility index (Phi) is 3.35. The van der Waals surface area contributed by atoms with Gasteiger partial charge >= 0.3 is 6.03 Å². The van der Waals surface area contributed by atoms with E-state index in [-0.39, 0.29) is 18.1 Å². The molecule has 2 amide bonds. The number of hydrogen-bond acceptors (Lipinski definition) is 2. The number of aliphatic hydroxyl groups is 1. The van der Waals surface area contributed by atoms with E-state index in [0.29, 0.717) is 18.3 Å². The van der Waals surface area contributed by atoms with E-state index in [1.807, 2.05) is 24.3 Å². The number of carbonyl (C=O) groups excluding carboxylic acids is 1. The first kappa shape index (κ1) is 15.0. The number of hydrogen-bond donors (Lipinski definition) is 3. The number of urea groups is 1. The molecule has 128 valence electrons. The van der Waals surface area contributed by atoms with Crippen LogP contribution < -0.4 is 10.6 Å². The van der Waals surface area contributed by atoms with E-state index in [1.165, 1.54) is 11.1 Å². The van der Waals surface area contributed by atoms with Crippen LogP contribution in [0.1, 0.15) is 40.6 Å². The summed E-state index contributed by atoms with van der Waals surface area (Å²) in [5, 5.41) is 16.4. The second-order valence-electron chi connectivity index (χ2n) is 7.52. The number of aliphatic hydroxyl groups excluding tert-OH is 1. The molecular weight excluding hydrogens is 312 g/mol. The summed E-state index contributed by atoms with van der Waals surface area (Å²) < 4.78 is 0. The minimum absolute atomic E-state index is 0.169. The first-order valence-electron chi connectivity index (χ1n) is 9.13.